The van der Waals surface area contributed by atoms with E-state index in [2.05, 4.69) is 19.1 Å². The molecule has 4 nitrogen and oxygen atoms in total. The smallest absolute Gasteiger partial charge is 0.316 e. The van der Waals surface area contributed by atoms with Crippen LogP contribution in [0.15, 0.2) is 54.6 Å². The lowest BCUT2D eigenvalue weighted by Crippen LogP contribution is -2.46. The van der Waals surface area contributed by atoms with Gasteiger partial charge in [0, 0.05) is 0 Å². The fourth-order valence-corrected chi connectivity index (χ4v) is 2.32. The van der Waals surface area contributed by atoms with Crippen molar-refractivity contribution in [2.45, 2.75) is 45.1 Å². The van der Waals surface area contributed by atoms with Crippen molar-refractivity contribution in [2.24, 2.45) is 5.73 Å². The molecule has 0 heterocycles. The van der Waals surface area contributed by atoms with Crippen LogP contribution in [0.4, 0.5) is 0 Å². The quantitative estimate of drug-likeness (QED) is 0.587. The molecule has 0 radical (unpaired) electrons. The average molecular weight is 327 g/mol. The van der Waals surface area contributed by atoms with Crippen molar-refractivity contribution in [1.82, 2.24) is 0 Å². The number of carbonyl (C=O) groups is 1. The summed E-state index contributed by atoms with van der Waals surface area (Å²) in [7, 11) is 0. The Balaban J connectivity index is 1.86. The Kier molecular flexibility index (Phi) is 6.38. The largest absolute Gasteiger partial charge is 0.374 e. The third-order valence-electron chi connectivity index (χ3n) is 3.90. The van der Waals surface area contributed by atoms with Crippen molar-refractivity contribution in [3.63, 3.8) is 0 Å². The van der Waals surface area contributed by atoms with Crippen LogP contribution in [0.3, 0.4) is 0 Å². The first-order valence-corrected chi connectivity index (χ1v) is 8.32. The number of hydrogen-bond acceptors (Lipinski definition) is 4. The second-order valence-corrected chi connectivity index (χ2v) is 6.28. The predicted molar refractivity (Wildman–Crippen MR) is 94.5 cm³/mol. The number of nitrogens with two attached hydrogens (primary N) is 1. The van der Waals surface area contributed by atoms with Crippen LogP contribution in [0.25, 0.3) is 0 Å². The monoisotopic (exact) mass is 327 g/mol. The molecule has 2 aromatic rings. The summed E-state index contributed by atoms with van der Waals surface area (Å²) in [5.41, 5.74) is 7.34. The maximum atomic E-state index is 12.0. The number of hydrogen-bond donors (Lipinski definition) is 1. The summed E-state index contributed by atoms with van der Waals surface area (Å²) in [6, 6.07) is 17.7. The van der Waals surface area contributed by atoms with E-state index in [1.165, 1.54) is 5.56 Å². The van der Waals surface area contributed by atoms with E-state index < -0.39 is 11.5 Å². The normalized spacial score (nSPS) is 13.1. The second kappa shape index (κ2) is 8.50. The third kappa shape index (κ3) is 5.39. The van der Waals surface area contributed by atoms with Gasteiger partial charge in [0.05, 0.1) is 0 Å². The van der Waals surface area contributed by atoms with Crippen LogP contribution in [0.5, 0.6) is 5.75 Å². The van der Waals surface area contributed by atoms with Gasteiger partial charge in [0.1, 0.15) is 5.54 Å². The Morgan fingerprint density at radius 2 is 1.67 bits per heavy atom. The molecule has 2 rings (SSSR count). The van der Waals surface area contributed by atoms with E-state index in [9.17, 15) is 4.79 Å². The first kappa shape index (κ1) is 18.0. The Morgan fingerprint density at radius 1 is 1.04 bits per heavy atom. The van der Waals surface area contributed by atoms with Crippen molar-refractivity contribution in [2.75, 3.05) is 0 Å². The molecule has 24 heavy (non-hydrogen) atoms. The van der Waals surface area contributed by atoms with Gasteiger partial charge in [-0.05, 0) is 43.0 Å². The van der Waals surface area contributed by atoms with Gasteiger partial charge in [-0.3, -0.25) is 4.89 Å². The zero-order chi connectivity index (χ0) is 17.4. The molecule has 0 saturated carbocycles. The summed E-state index contributed by atoms with van der Waals surface area (Å²) < 4.78 is 0. The van der Waals surface area contributed by atoms with Gasteiger partial charge < -0.3 is 5.73 Å². The van der Waals surface area contributed by atoms with Crippen molar-refractivity contribution >= 4 is 5.97 Å². The molecule has 1 atom stereocenters. The minimum absolute atomic E-state index is 0.478. The Labute approximate surface area is 143 Å². The van der Waals surface area contributed by atoms with E-state index >= 15 is 0 Å². The number of carbonyl (C=O) groups excluding carboxylic acids is 1. The summed E-state index contributed by atoms with van der Waals surface area (Å²) in [5, 5.41) is 0. The molecule has 0 aliphatic carbocycles. The maximum absolute atomic E-state index is 12.0. The Hall–Kier alpha value is -2.33. The molecular weight excluding hydrogens is 302 g/mol. The van der Waals surface area contributed by atoms with Gasteiger partial charge >= 0.3 is 5.97 Å². The van der Waals surface area contributed by atoms with Crippen LogP contribution in [0.1, 0.15) is 44.2 Å². The molecule has 0 fully saturated rings. The average Bonchev–Trinajstić information content (AvgIpc) is 2.60. The first-order valence-electron chi connectivity index (χ1n) is 8.32. The first-order chi connectivity index (χ1) is 11.5. The molecule has 0 spiro atoms. The fourth-order valence-electron chi connectivity index (χ4n) is 2.32. The number of unbranched alkanes of at least 4 members (excludes halogenated alkanes) is 1. The van der Waals surface area contributed by atoms with Crippen molar-refractivity contribution in [1.29, 1.82) is 0 Å². The standard InChI is InChI=1S/C20H25NO3/c1-3-4-14-20(2,21)19(22)24-23-18-12-10-17(11-13-18)15-16-8-6-5-7-9-16/h5-13H,3-4,14-15,21H2,1-2H3. The molecule has 4 heteroatoms. The van der Waals surface area contributed by atoms with Crippen LogP contribution in [0.2, 0.25) is 0 Å². The van der Waals surface area contributed by atoms with E-state index in [1.54, 1.807) is 19.1 Å². The molecule has 0 bridgehead atoms. The van der Waals surface area contributed by atoms with Crippen molar-refractivity contribution in [3.8, 4) is 5.75 Å². The minimum atomic E-state index is -1.02. The van der Waals surface area contributed by atoms with E-state index in [1.807, 2.05) is 30.3 Å². The molecule has 1 unspecified atom stereocenters. The molecule has 0 saturated heterocycles. The summed E-state index contributed by atoms with van der Waals surface area (Å²) in [6.45, 7) is 3.71. The highest BCUT2D eigenvalue weighted by molar-refractivity contribution is 5.79. The summed E-state index contributed by atoms with van der Waals surface area (Å²) in [5.74, 6) is -0.0734. The molecule has 0 amide bonds. The van der Waals surface area contributed by atoms with E-state index in [0.29, 0.717) is 12.2 Å². The highest BCUT2D eigenvalue weighted by Gasteiger charge is 2.31. The highest BCUT2D eigenvalue weighted by atomic mass is 17.2. The van der Waals surface area contributed by atoms with Crippen LogP contribution in [-0.2, 0) is 16.1 Å². The molecule has 0 aromatic heterocycles. The Morgan fingerprint density at radius 3 is 2.29 bits per heavy atom. The molecule has 2 aromatic carbocycles. The zero-order valence-corrected chi connectivity index (χ0v) is 14.3. The van der Waals surface area contributed by atoms with Crippen LogP contribution >= 0.6 is 0 Å². The van der Waals surface area contributed by atoms with Gasteiger partial charge in [-0.2, -0.15) is 0 Å². The van der Waals surface area contributed by atoms with Gasteiger partial charge in [0.2, 0.25) is 0 Å². The zero-order valence-electron chi connectivity index (χ0n) is 14.3. The van der Waals surface area contributed by atoms with Crippen molar-refractivity contribution in [3.05, 3.63) is 65.7 Å². The fraction of sp³-hybridized carbons (Fsp3) is 0.350. The summed E-state index contributed by atoms with van der Waals surface area (Å²) >= 11 is 0. The molecular formula is C20H25NO3. The second-order valence-electron chi connectivity index (χ2n) is 6.28. The molecule has 0 aliphatic rings. The van der Waals surface area contributed by atoms with Crippen LogP contribution in [-0.4, -0.2) is 11.5 Å². The minimum Gasteiger partial charge on any atom is -0.316 e. The maximum Gasteiger partial charge on any atom is 0.374 e. The SMILES string of the molecule is CCCCC(C)(N)C(=O)OOc1ccc(Cc2ccccc2)cc1. The van der Waals surface area contributed by atoms with E-state index in [4.69, 9.17) is 15.5 Å². The highest BCUT2D eigenvalue weighted by Crippen LogP contribution is 2.17. The summed E-state index contributed by atoms with van der Waals surface area (Å²) in [6.07, 6.45) is 3.26. The predicted octanol–water partition coefficient (Wildman–Crippen LogP) is 4.02. The third-order valence-corrected chi connectivity index (χ3v) is 3.90. The van der Waals surface area contributed by atoms with Crippen molar-refractivity contribution < 1.29 is 14.6 Å². The molecule has 0 aliphatic heterocycles. The van der Waals surface area contributed by atoms with Gasteiger partial charge in [0.25, 0.3) is 0 Å². The number of rotatable bonds is 8. The number of benzene rings is 2. The van der Waals surface area contributed by atoms with Gasteiger partial charge in [0.15, 0.2) is 5.75 Å². The van der Waals surface area contributed by atoms with Gasteiger partial charge in [-0.25, -0.2) is 9.68 Å². The van der Waals surface area contributed by atoms with E-state index in [-0.39, 0.29) is 0 Å². The lowest BCUT2D eigenvalue weighted by atomic mass is 9.97. The van der Waals surface area contributed by atoms with E-state index in [0.717, 1.165) is 24.8 Å². The molecule has 2 N–H and O–H groups in total. The molecule has 128 valence electrons. The Bertz CT molecular complexity index is 636. The lowest BCUT2D eigenvalue weighted by Gasteiger charge is -2.20. The summed E-state index contributed by atoms with van der Waals surface area (Å²) in [4.78, 5) is 22.0. The van der Waals surface area contributed by atoms with Gasteiger partial charge in [-0.15, -0.1) is 0 Å². The van der Waals surface area contributed by atoms with Crippen LogP contribution in [0, 0.1) is 0 Å². The lowest BCUT2D eigenvalue weighted by molar-refractivity contribution is -0.219. The van der Waals surface area contributed by atoms with Gasteiger partial charge in [-0.1, -0.05) is 62.2 Å². The van der Waals surface area contributed by atoms with Crippen LogP contribution < -0.4 is 10.6 Å². The topological polar surface area (TPSA) is 61.6 Å².